The summed E-state index contributed by atoms with van der Waals surface area (Å²) in [7, 11) is 0. The first-order chi connectivity index (χ1) is 17.5. The van der Waals surface area contributed by atoms with Gasteiger partial charge in [0.15, 0.2) is 11.5 Å². The van der Waals surface area contributed by atoms with Crippen molar-refractivity contribution in [2.45, 2.75) is 50.0 Å². The zero-order valence-corrected chi connectivity index (χ0v) is 21.2. The van der Waals surface area contributed by atoms with Crippen molar-refractivity contribution in [1.29, 1.82) is 0 Å². The maximum absolute atomic E-state index is 13.0. The van der Waals surface area contributed by atoms with Crippen molar-refractivity contribution in [1.82, 2.24) is 0 Å². The highest BCUT2D eigenvalue weighted by molar-refractivity contribution is 8.00. The molecule has 0 N–H and O–H groups in total. The summed E-state index contributed by atoms with van der Waals surface area (Å²) in [6, 6.07) is 26.8. The van der Waals surface area contributed by atoms with E-state index in [2.05, 4.69) is 0 Å². The lowest BCUT2D eigenvalue weighted by molar-refractivity contribution is -0.150. The van der Waals surface area contributed by atoms with Crippen LogP contribution in [0.15, 0.2) is 84.9 Å². The van der Waals surface area contributed by atoms with Crippen LogP contribution in [0.25, 0.3) is 0 Å². The third kappa shape index (κ3) is 7.20. The number of esters is 2. The molecule has 0 saturated carbocycles. The molecule has 7 heteroatoms. The normalized spacial score (nSPS) is 21.2. The summed E-state index contributed by atoms with van der Waals surface area (Å²) in [5.41, 5.74) is 2.81. The molecule has 0 aromatic heterocycles. The minimum absolute atomic E-state index is 0.211. The van der Waals surface area contributed by atoms with Gasteiger partial charge >= 0.3 is 11.9 Å². The fraction of sp³-hybridized carbons (Fsp3) is 0.310. The van der Waals surface area contributed by atoms with Gasteiger partial charge in [0.25, 0.3) is 0 Å². The van der Waals surface area contributed by atoms with E-state index in [-0.39, 0.29) is 5.25 Å². The van der Waals surface area contributed by atoms with Crippen molar-refractivity contribution in [2.75, 3.05) is 6.61 Å². The summed E-state index contributed by atoms with van der Waals surface area (Å²) in [5.74, 6) is -0.937. The fourth-order valence-electron chi connectivity index (χ4n) is 3.93. The van der Waals surface area contributed by atoms with E-state index in [1.54, 1.807) is 12.1 Å². The van der Waals surface area contributed by atoms with E-state index < -0.39 is 29.6 Å². The number of rotatable bonds is 10. The highest BCUT2D eigenvalue weighted by Gasteiger charge is 2.49. The van der Waals surface area contributed by atoms with Gasteiger partial charge in [-0.05, 0) is 30.2 Å². The van der Waals surface area contributed by atoms with E-state index >= 15 is 0 Å². The molecule has 4 rings (SSSR count). The SMILES string of the molecule is CC(=O)OC1S[C@H](COCc2ccccc2)[C@@H](OCc2ccccc2)[C@@H]1OC(=O)c1ccc(C)cc1. The van der Waals surface area contributed by atoms with E-state index in [9.17, 15) is 9.59 Å². The number of thioether (sulfide) groups is 1. The van der Waals surface area contributed by atoms with E-state index in [0.29, 0.717) is 25.4 Å². The number of ether oxygens (including phenoxy) is 4. The molecule has 6 nitrogen and oxygen atoms in total. The molecule has 1 heterocycles. The maximum Gasteiger partial charge on any atom is 0.338 e. The Morgan fingerprint density at radius 1 is 0.778 bits per heavy atom. The van der Waals surface area contributed by atoms with Crippen molar-refractivity contribution < 1.29 is 28.5 Å². The van der Waals surface area contributed by atoms with Crippen molar-refractivity contribution in [3.05, 3.63) is 107 Å². The van der Waals surface area contributed by atoms with E-state index in [4.69, 9.17) is 18.9 Å². The Morgan fingerprint density at radius 2 is 1.39 bits per heavy atom. The fourth-order valence-corrected chi connectivity index (χ4v) is 5.39. The highest BCUT2D eigenvalue weighted by atomic mass is 32.2. The van der Waals surface area contributed by atoms with Crippen molar-refractivity contribution >= 4 is 23.7 Å². The predicted molar refractivity (Wildman–Crippen MR) is 138 cm³/mol. The summed E-state index contributed by atoms with van der Waals surface area (Å²) < 4.78 is 23.8. The average Bonchev–Trinajstić information content (AvgIpc) is 3.19. The van der Waals surface area contributed by atoms with Gasteiger partial charge in [-0.15, -0.1) is 11.8 Å². The minimum atomic E-state index is -0.790. The third-order valence-electron chi connectivity index (χ3n) is 5.76. The first-order valence-corrected chi connectivity index (χ1v) is 12.8. The van der Waals surface area contributed by atoms with Gasteiger partial charge < -0.3 is 18.9 Å². The molecule has 0 bridgehead atoms. The standard InChI is InChI=1S/C29H30O6S/c1-20-13-15-24(16-14-20)28(31)35-27-26(33-18-23-11-7-4-8-12-23)25(36-29(27)34-21(2)30)19-32-17-22-9-5-3-6-10-22/h3-16,25-27,29H,17-19H2,1-2H3/t25-,26-,27+,29?/m1/s1. The number of carbonyl (C=O) groups is 2. The van der Waals surface area contributed by atoms with Crippen molar-refractivity contribution in [3.63, 3.8) is 0 Å². The molecule has 0 radical (unpaired) electrons. The third-order valence-corrected chi connectivity index (χ3v) is 7.15. The largest absolute Gasteiger partial charge is 0.451 e. The van der Waals surface area contributed by atoms with Crippen molar-refractivity contribution in [3.8, 4) is 0 Å². The first kappa shape index (κ1) is 25.9. The maximum atomic E-state index is 13.0. The Hall–Kier alpha value is -3.13. The average molecular weight is 507 g/mol. The van der Waals surface area contributed by atoms with E-state index in [1.807, 2.05) is 79.7 Å². The van der Waals surface area contributed by atoms with Gasteiger partial charge in [0.05, 0.1) is 30.6 Å². The van der Waals surface area contributed by atoms with Crippen LogP contribution in [0.2, 0.25) is 0 Å². The van der Waals surface area contributed by atoms with Crippen LogP contribution in [0, 0.1) is 6.92 Å². The number of aryl methyl sites for hydroxylation is 1. The predicted octanol–water partition coefficient (Wildman–Crippen LogP) is 5.33. The van der Waals surface area contributed by atoms with Crippen LogP contribution in [0.5, 0.6) is 0 Å². The second-order valence-electron chi connectivity index (χ2n) is 8.65. The number of benzene rings is 3. The quantitative estimate of drug-likeness (QED) is 0.344. The summed E-state index contributed by atoms with van der Waals surface area (Å²) in [6.07, 6.45) is -1.33. The summed E-state index contributed by atoms with van der Waals surface area (Å²) in [6.45, 7) is 4.41. The lowest BCUT2D eigenvalue weighted by atomic mass is 10.1. The Kier molecular flexibility index (Phi) is 9.17. The number of hydrogen-bond acceptors (Lipinski definition) is 7. The van der Waals surface area contributed by atoms with Crippen LogP contribution in [0.3, 0.4) is 0 Å². The summed E-state index contributed by atoms with van der Waals surface area (Å²) in [5, 5.41) is -0.211. The molecule has 0 amide bonds. The number of carbonyl (C=O) groups excluding carboxylic acids is 2. The molecule has 1 aliphatic heterocycles. The van der Waals surface area contributed by atoms with Gasteiger partial charge in [-0.3, -0.25) is 4.79 Å². The van der Waals surface area contributed by atoms with Crippen LogP contribution < -0.4 is 0 Å². The van der Waals surface area contributed by atoms with Gasteiger partial charge in [0, 0.05) is 6.92 Å². The van der Waals surface area contributed by atoms with Gasteiger partial charge in [0.1, 0.15) is 6.10 Å². The van der Waals surface area contributed by atoms with Gasteiger partial charge in [0.2, 0.25) is 0 Å². The molecule has 1 saturated heterocycles. The van der Waals surface area contributed by atoms with E-state index in [1.165, 1.54) is 18.7 Å². The zero-order valence-electron chi connectivity index (χ0n) is 20.4. The molecule has 3 aromatic rings. The lowest BCUT2D eigenvalue weighted by Crippen LogP contribution is -2.41. The number of hydrogen-bond donors (Lipinski definition) is 0. The smallest absolute Gasteiger partial charge is 0.338 e. The van der Waals surface area contributed by atoms with Crippen LogP contribution in [-0.4, -0.2) is 41.4 Å². The molecule has 1 fully saturated rings. The second kappa shape index (κ2) is 12.7. The summed E-state index contributed by atoms with van der Waals surface area (Å²) >= 11 is 1.39. The van der Waals surface area contributed by atoms with Crippen LogP contribution in [0.1, 0.15) is 34.0 Å². The topological polar surface area (TPSA) is 71.1 Å². The highest BCUT2D eigenvalue weighted by Crippen LogP contribution is 2.40. The molecule has 188 valence electrons. The molecule has 0 aliphatic carbocycles. The van der Waals surface area contributed by atoms with Gasteiger partial charge in [-0.1, -0.05) is 78.4 Å². The van der Waals surface area contributed by atoms with Gasteiger partial charge in [-0.25, -0.2) is 4.79 Å². The second-order valence-corrected chi connectivity index (χ2v) is 9.99. The monoisotopic (exact) mass is 506 g/mol. The molecule has 3 aromatic carbocycles. The molecule has 1 unspecified atom stereocenters. The Morgan fingerprint density at radius 3 is 2.00 bits per heavy atom. The first-order valence-electron chi connectivity index (χ1n) is 11.9. The molecular formula is C29H30O6S. The van der Waals surface area contributed by atoms with Crippen LogP contribution >= 0.6 is 11.8 Å². The van der Waals surface area contributed by atoms with Gasteiger partial charge in [-0.2, -0.15) is 0 Å². The summed E-state index contributed by atoms with van der Waals surface area (Å²) in [4.78, 5) is 24.9. The van der Waals surface area contributed by atoms with Crippen LogP contribution in [-0.2, 0) is 37.0 Å². The molecular weight excluding hydrogens is 476 g/mol. The van der Waals surface area contributed by atoms with E-state index in [0.717, 1.165) is 16.7 Å². The van der Waals surface area contributed by atoms with Crippen molar-refractivity contribution in [2.24, 2.45) is 0 Å². The Balaban J connectivity index is 1.52. The zero-order chi connectivity index (χ0) is 25.3. The molecule has 4 atom stereocenters. The van der Waals surface area contributed by atoms with Crippen LogP contribution in [0.4, 0.5) is 0 Å². The lowest BCUT2D eigenvalue weighted by Gasteiger charge is -2.26. The molecule has 36 heavy (non-hydrogen) atoms. The molecule has 1 aliphatic rings. The minimum Gasteiger partial charge on any atom is -0.451 e. The molecule has 0 spiro atoms. The Labute approximate surface area is 215 Å². The Bertz CT molecular complexity index is 1120.